The summed E-state index contributed by atoms with van der Waals surface area (Å²) in [6, 6.07) is 4.36. The van der Waals surface area contributed by atoms with E-state index in [0.29, 0.717) is 10.2 Å². The van der Waals surface area contributed by atoms with Gasteiger partial charge in [-0.15, -0.1) is 0 Å². The fourth-order valence-electron chi connectivity index (χ4n) is 1.14. The van der Waals surface area contributed by atoms with Gasteiger partial charge in [0.1, 0.15) is 5.75 Å². The number of carbonyl (C=O) groups is 1. The van der Waals surface area contributed by atoms with E-state index < -0.39 is 21.5 Å². The summed E-state index contributed by atoms with van der Waals surface area (Å²) >= 11 is 3.13. The zero-order valence-corrected chi connectivity index (χ0v) is 11.9. The van der Waals surface area contributed by atoms with E-state index in [-0.39, 0.29) is 4.90 Å². The molecule has 7 heteroatoms. The highest BCUT2D eigenvalue weighted by molar-refractivity contribution is 9.10. The second-order valence-electron chi connectivity index (χ2n) is 3.74. The molecule has 0 radical (unpaired) electrons. The van der Waals surface area contributed by atoms with Crippen molar-refractivity contribution in [1.82, 2.24) is 4.90 Å². The first-order chi connectivity index (χ1) is 7.74. The third-order valence-electron chi connectivity index (χ3n) is 2.10. The molecule has 0 aliphatic heterocycles. The Bertz CT molecular complexity index is 540. The lowest BCUT2D eigenvalue weighted by Crippen LogP contribution is -2.29. The number of anilines is 1. The Morgan fingerprint density at radius 1 is 1.41 bits per heavy atom. The van der Waals surface area contributed by atoms with E-state index in [4.69, 9.17) is 5.73 Å². The van der Waals surface area contributed by atoms with E-state index in [1.807, 2.05) is 0 Å². The first-order valence-electron chi connectivity index (χ1n) is 4.72. The molecule has 0 spiro atoms. The number of carbonyl (C=O) groups excluding carboxylic acids is 1. The number of nitrogens with zero attached hydrogens (tertiary/aromatic N) is 1. The van der Waals surface area contributed by atoms with E-state index in [2.05, 4.69) is 15.9 Å². The summed E-state index contributed by atoms with van der Waals surface area (Å²) in [4.78, 5) is 12.7. The Morgan fingerprint density at radius 2 is 2.00 bits per heavy atom. The summed E-state index contributed by atoms with van der Waals surface area (Å²) in [6.45, 7) is 0. The van der Waals surface area contributed by atoms with Crippen LogP contribution in [0.15, 0.2) is 27.6 Å². The van der Waals surface area contributed by atoms with Crippen molar-refractivity contribution in [2.24, 2.45) is 0 Å². The van der Waals surface area contributed by atoms with Crippen LogP contribution in [-0.4, -0.2) is 39.1 Å². The van der Waals surface area contributed by atoms with Crippen LogP contribution in [-0.2, 0) is 14.6 Å². The molecule has 0 aliphatic carbocycles. The van der Waals surface area contributed by atoms with E-state index in [1.54, 1.807) is 0 Å². The van der Waals surface area contributed by atoms with Crippen LogP contribution in [0, 0.1) is 0 Å². The van der Waals surface area contributed by atoms with Gasteiger partial charge in [0, 0.05) is 24.3 Å². The molecular weight excluding hydrogens is 308 g/mol. The van der Waals surface area contributed by atoms with Crippen molar-refractivity contribution < 1.29 is 13.2 Å². The normalized spacial score (nSPS) is 11.2. The monoisotopic (exact) mass is 320 g/mol. The second-order valence-corrected chi connectivity index (χ2v) is 6.55. The van der Waals surface area contributed by atoms with Crippen molar-refractivity contribution in [3.05, 3.63) is 22.7 Å². The number of amides is 1. The minimum atomic E-state index is -3.65. The van der Waals surface area contributed by atoms with Crippen LogP contribution in [0.1, 0.15) is 0 Å². The standard InChI is InChI=1S/C10H13BrN2O3S/c1-13(2)10(14)6-17(15,16)9-4-3-7(12)5-8(9)11/h3-5H,6,12H2,1-2H3. The fraction of sp³-hybridized carbons (Fsp3) is 0.300. The topological polar surface area (TPSA) is 80.5 Å². The molecule has 0 bridgehead atoms. The zero-order chi connectivity index (χ0) is 13.2. The number of hydrogen-bond donors (Lipinski definition) is 1. The molecule has 1 aromatic carbocycles. The molecule has 5 nitrogen and oxygen atoms in total. The van der Waals surface area contributed by atoms with Gasteiger partial charge in [0.15, 0.2) is 9.84 Å². The van der Waals surface area contributed by atoms with E-state index in [9.17, 15) is 13.2 Å². The quantitative estimate of drug-likeness (QED) is 0.839. The van der Waals surface area contributed by atoms with Gasteiger partial charge < -0.3 is 10.6 Å². The van der Waals surface area contributed by atoms with Crippen LogP contribution in [0.2, 0.25) is 0 Å². The number of nitrogen functional groups attached to an aromatic ring is 1. The molecule has 2 N–H and O–H groups in total. The van der Waals surface area contributed by atoms with Gasteiger partial charge in [-0.1, -0.05) is 0 Å². The highest BCUT2D eigenvalue weighted by atomic mass is 79.9. The van der Waals surface area contributed by atoms with Gasteiger partial charge in [0.2, 0.25) is 5.91 Å². The third-order valence-corrected chi connectivity index (χ3v) is 4.67. The molecule has 94 valence electrons. The molecule has 1 aromatic rings. The Labute approximate surface area is 109 Å². The SMILES string of the molecule is CN(C)C(=O)CS(=O)(=O)c1ccc(N)cc1Br. The maximum atomic E-state index is 12.0. The van der Waals surface area contributed by atoms with Gasteiger partial charge in [-0.3, -0.25) is 4.79 Å². The zero-order valence-electron chi connectivity index (χ0n) is 9.47. The molecule has 1 rings (SSSR count). The number of nitrogens with two attached hydrogens (primary N) is 1. The molecule has 0 saturated carbocycles. The van der Waals surface area contributed by atoms with Gasteiger partial charge in [-0.2, -0.15) is 0 Å². The first kappa shape index (κ1) is 14.0. The van der Waals surface area contributed by atoms with Crippen LogP contribution >= 0.6 is 15.9 Å². The van der Waals surface area contributed by atoms with Crippen LogP contribution in [0.4, 0.5) is 5.69 Å². The van der Waals surface area contributed by atoms with Gasteiger partial charge in [0.05, 0.1) is 4.90 Å². The smallest absolute Gasteiger partial charge is 0.237 e. The van der Waals surface area contributed by atoms with E-state index in [0.717, 1.165) is 0 Å². The number of hydrogen-bond acceptors (Lipinski definition) is 4. The summed E-state index contributed by atoms with van der Waals surface area (Å²) in [5.41, 5.74) is 5.97. The average Bonchev–Trinajstić information content (AvgIpc) is 2.15. The largest absolute Gasteiger partial charge is 0.399 e. The maximum absolute atomic E-state index is 12.0. The summed E-state index contributed by atoms with van der Waals surface area (Å²) in [5, 5.41) is 0. The van der Waals surface area contributed by atoms with Crippen LogP contribution in [0.5, 0.6) is 0 Å². The van der Waals surface area contributed by atoms with Gasteiger partial charge in [-0.05, 0) is 34.1 Å². The van der Waals surface area contributed by atoms with Crippen molar-refractivity contribution in [3.63, 3.8) is 0 Å². The van der Waals surface area contributed by atoms with Crippen molar-refractivity contribution in [2.45, 2.75) is 4.90 Å². The summed E-state index contributed by atoms with van der Waals surface area (Å²) in [6.07, 6.45) is 0. The lowest BCUT2D eigenvalue weighted by atomic mass is 10.3. The van der Waals surface area contributed by atoms with Gasteiger partial charge >= 0.3 is 0 Å². The fourth-order valence-corrected chi connectivity index (χ4v) is 3.65. The van der Waals surface area contributed by atoms with Gasteiger partial charge in [-0.25, -0.2) is 8.42 Å². The minimum absolute atomic E-state index is 0.0712. The van der Waals surface area contributed by atoms with Gasteiger partial charge in [0.25, 0.3) is 0 Å². The molecule has 0 fully saturated rings. The Morgan fingerprint density at radius 3 is 2.47 bits per heavy atom. The van der Waals surface area contributed by atoms with E-state index in [1.165, 1.54) is 37.2 Å². The van der Waals surface area contributed by atoms with Crippen LogP contribution in [0.3, 0.4) is 0 Å². The molecule has 0 atom stereocenters. The highest BCUT2D eigenvalue weighted by Crippen LogP contribution is 2.25. The molecule has 0 aliphatic rings. The molecule has 0 unspecified atom stereocenters. The highest BCUT2D eigenvalue weighted by Gasteiger charge is 2.22. The predicted molar refractivity (Wildman–Crippen MR) is 69.3 cm³/mol. The Kier molecular flexibility index (Phi) is 4.16. The molecule has 17 heavy (non-hydrogen) atoms. The van der Waals surface area contributed by atoms with Crippen molar-refractivity contribution >= 4 is 37.4 Å². The third kappa shape index (κ3) is 3.44. The Balaban J connectivity index is 3.10. The predicted octanol–water partition coefficient (Wildman–Crippen LogP) is 0.893. The minimum Gasteiger partial charge on any atom is -0.399 e. The summed E-state index contributed by atoms with van der Waals surface area (Å²) in [5.74, 6) is -1.02. The molecule has 1 amide bonds. The molecule has 0 aromatic heterocycles. The number of halogens is 1. The molecule has 0 saturated heterocycles. The average molecular weight is 321 g/mol. The van der Waals surface area contributed by atoms with Crippen LogP contribution < -0.4 is 5.73 Å². The first-order valence-corrected chi connectivity index (χ1v) is 7.16. The molecular formula is C10H13BrN2O3S. The van der Waals surface area contributed by atoms with E-state index >= 15 is 0 Å². The second kappa shape index (κ2) is 5.05. The maximum Gasteiger partial charge on any atom is 0.237 e. The number of benzene rings is 1. The summed E-state index contributed by atoms with van der Waals surface area (Å²) in [7, 11) is -0.626. The number of sulfone groups is 1. The Hall–Kier alpha value is -1.08. The lowest BCUT2D eigenvalue weighted by Gasteiger charge is -2.11. The molecule has 0 heterocycles. The summed E-state index contributed by atoms with van der Waals surface area (Å²) < 4.78 is 24.3. The van der Waals surface area contributed by atoms with Crippen molar-refractivity contribution in [1.29, 1.82) is 0 Å². The lowest BCUT2D eigenvalue weighted by molar-refractivity contribution is -0.125. The number of rotatable bonds is 3. The van der Waals surface area contributed by atoms with Crippen molar-refractivity contribution in [2.75, 3.05) is 25.6 Å². The van der Waals surface area contributed by atoms with Crippen LogP contribution in [0.25, 0.3) is 0 Å². The van der Waals surface area contributed by atoms with Crippen molar-refractivity contribution in [3.8, 4) is 0 Å².